The van der Waals surface area contributed by atoms with Crippen molar-refractivity contribution in [2.45, 2.75) is 4.90 Å². The summed E-state index contributed by atoms with van der Waals surface area (Å²) in [5, 5.41) is 2.73. The second-order valence-corrected chi connectivity index (χ2v) is 7.75. The van der Waals surface area contributed by atoms with E-state index in [4.69, 9.17) is 0 Å². The van der Waals surface area contributed by atoms with Gasteiger partial charge in [0.05, 0.1) is 16.3 Å². The van der Waals surface area contributed by atoms with Crippen molar-refractivity contribution in [2.75, 3.05) is 10.0 Å². The van der Waals surface area contributed by atoms with Crippen LogP contribution in [0.25, 0.3) is 0 Å². The molecule has 6 nitrogen and oxygen atoms in total. The van der Waals surface area contributed by atoms with Gasteiger partial charge in [-0.2, -0.15) is 0 Å². The normalized spacial score (nSPS) is 14.6. The van der Waals surface area contributed by atoms with Crippen LogP contribution < -0.4 is 10.0 Å². The van der Waals surface area contributed by atoms with Crippen LogP contribution in [0.1, 0.15) is 5.56 Å². The van der Waals surface area contributed by atoms with E-state index in [1.807, 2.05) is 12.1 Å². The Morgan fingerprint density at radius 1 is 0.893 bits per heavy atom. The van der Waals surface area contributed by atoms with Crippen molar-refractivity contribution in [3.63, 3.8) is 0 Å². The van der Waals surface area contributed by atoms with Crippen LogP contribution in [0.4, 0.5) is 21.5 Å². The Morgan fingerprint density at radius 2 is 1.57 bits per heavy atom. The van der Waals surface area contributed by atoms with Crippen LogP contribution in [-0.2, 0) is 14.8 Å². The van der Waals surface area contributed by atoms with Crippen LogP contribution in [0.5, 0.6) is 0 Å². The molecule has 4 rings (SSSR count). The molecule has 0 bridgehead atoms. The molecular weight excluding hydrogens is 381 g/mol. The summed E-state index contributed by atoms with van der Waals surface area (Å²) in [6, 6.07) is 18.0. The first-order valence-corrected chi connectivity index (χ1v) is 9.79. The lowest BCUT2D eigenvalue weighted by atomic mass is 10.1. The highest BCUT2D eigenvalue weighted by Gasteiger charge is 2.25. The van der Waals surface area contributed by atoms with Crippen molar-refractivity contribution in [2.24, 2.45) is 4.99 Å². The van der Waals surface area contributed by atoms with Gasteiger partial charge in [-0.25, -0.2) is 17.8 Å². The lowest BCUT2D eigenvalue weighted by molar-refractivity contribution is -0.110. The summed E-state index contributed by atoms with van der Waals surface area (Å²) in [5.41, 5.74) is 2.36. The number of hydrogen-bond acceptors (Lipinski definition) is 4. The van der Waals surface area contributed by atoms with Crippen molar-refractivity contribution in [1.82, 2.24) is 0 Å². The van der Waals surface area contributed by atoms with Gasteiger partial charge < -0.3 is 5.32 Å². The van der Waals surface area contributed by atoms with Gasteiger partial charge in [0.15, 0.2) is 0 Å². The van der Waals surface area contributed by atoms with Crippen LogP contribution in [-0.4, -0.2) is 20.0 Å². The van der Waals surface area contributed by atoms with Gasteiger partial charge in [-0.15, -0.1) is 0 Å². The standard InChI is InChI=1S/C20H14FN3O3S/c21-13-5-7-15(8-6-13)24-28(26,27)16-11-9-14(10-12-16)22-19-17-3-1-2-4-18(17)23-20(19)25/h1-12,24H,(H,22,23,25). The monoisotopic (exact) mass is 395 g/mol. The summed E-state index contributed by atoms with van der Waals surface area (Å²) in [7, 11) is -3.83. The van der Waals surface area contributed by atoms with E-state index >= 15 is 0 Å². The average molecular weight is 395 g/mol. The van der Waals surface area contributed by atoms with Gasteiger partial charge in [-0.05, 0) is 54.6 Å². The Balaban J connectivity index is 1.59. The smallest absolute Gasteiger partial charge is 0.275 e. The Kier molecular flexibility index (Phi) is 4.40. The SMILES string of the molecule is O=C1Nc2ccccc2C1=Nc1ccc(S(=O)(=O)Nc2ccc(F)cc2)cc1. The molecule has 0 saturated heterocycles. The quantitative estimate of drug-likeness (QED) is 0.706. The minimum atomic E-state index is -3.83. The molecule has 0 saturated carbocycles. The summed E-state index contributed by atoms with van der Waals surface area (Å²) in [5.74, 6) is -0.764. The van der Waals surface area contributed by atoms with E-state index in [2.05, 4.69) is 15.0 Å². The van der Waals surface area contributed by atoms with E-state index in [0.717, 1.165) is 0 Å². The fourth-order valence-corrected chi connectivity index (χ4v) is 3.83. The fourth-order valence-electron chi connectivity index (χ4n) is 2.77. The highest BCUT2D eigenvalue weighted by atomic mass is 32.2. The van der Waals surface area contributed by atoms with E-state index in [-0.39, 0.29) is 22.2 Å². The number of para-hydroxylation sites is 1. The molecule has 8 heteroatoms. The van der Waals surface area contributed by atoms with Gasteiger partial charge in [-0.1, -0.05) is 18.2 Å². The average Bonchev–Trinajstić information content (AvgIpc) is 2.99. The lowest BCUT2D eigenvalue weighted by Crippen LogP contribution is -2.14. The molecule has 0 spiro atoms. The second-order valence-electron chi connectivity index (χ2n) is 6.07. The Bertz CT molecular complexity index is 1190. The van der Waals surface area contributed by atoms with E-state index in [1.165, 1.54) is 48.5 Å². The zero-order valence-electron chi connectivity index (χ0n) is 14.4. The van der Waals surface area contributed by atoms with Gasteiger partial charge in [-0.3, -0.25) is 9.52 Å². The van der Waals surface area contributed by atoms with Crippen molar-refractivity contribution in [3.05, 3.63) is 84.2 Å². The van der Waals surface area contributed by atoms with E-state index < -0.39 is 15.8 Å². The number of fused-ring (bicyclic) bond motifs is 1. The predicted octanol–water partition coefficient (Wildman–Crippen LogP) is 3.70. The molecule has 1 amide bonds. The minimum absolute atomic E-state index is 0.0250. The molecule has 2 N–H and O–H groups in total. The van der Waals surface area contributed by atoms with Gasteiger partial charge in [0.2, 0.25) is 0 Å². The summed E-state index contributed by atoms with van der Waals surface area (Å²) >= 11 is 0. The van der Waals surface area contributed by atoms with Crippen LogP contribution in [0, 0.1) is 5.82 Å². The van der Waals surface area contributed by atoms with Gasteiger partial charge in [0.25, 0.3) is 15.9 Å². The third kappa shape index (κ3) is 3.49. The zero-order valence-corrected chi connectivity index (χ0v) is 15.2. The highest BCUT2D eigenvalue weighted by Crippen LogP contribution is 2.26. The molecule has 140 valence electrons. The van der Waals surface area contributed by atoms with Gasteiger partial charge in [0, 0.05) is 11.3 Å². The maximum absolute atomic E-state index is 13.0. The molecule has 28 heavy (non-hydrogen) atoms. The van der Waals surface area contributed by atoms with Crippen LogP contribution in [0.3, 0.4) is 0 Å². The molecule has 0 atom stereocenters. The number of sulfonamides is 1. The molecule has 0 radical (unpaired) electrons. The number of benzene rings is 3. The highest BCUT2D eigenvalue weighted by molar-refractivity contribution is 7.92. The molecule has 0 aromatic heterocycles. The molecule has 1 aliphatic rings. The number of aliphatic imine (C=N–C) groups is 1. The van der Waals surface area contributed by atoms with Crippen molar-refractivity contribution in [3.8, 4) is 0 Å². The number of hydrogen-bond donors (Lipinski definition) is 2. The number of nitrogens with one attached hydrogen (secondary N) is 2. The lowest BCUT2D eigenvalue weighted by Gasteiger charge is -2.08. The largest absolute Gasteiger partial charge is 0.320 e. The zero-order chi connectivity index (χ0) is 19.7. The first kappa shape index (κ1) is 17.9. The summed E-state index contributed by atoms with van der Waals surface area (Å²) in [6.45, 7) is 0. The maximum atomic E-state index is 13.0. The number of anilines is 2. The predicted molar refractivity (Wildman–Crippen MR) is 105 cm³/mol. The molecule has 3 aromatic rings. The van der Waals surface area contributed by atoms with Crippen LogP contribution in [0.15, 0.2) is 82.7 Å². The number of nitrogens with zero attached hydrogens (tertiary/aromatic N) is 1. The minimum Gasteiger partial charge on any atom is -0.320 e. The summed E-state index contributed by atoms with van der Waals surface area (Å²) in [6.07, 6.45) is 0. The molecular formula is C20H14FN3O3S. The molecule has 0 fully saturated rings. The number of carbonyl (C=O) groups is 1. The second kappa shape index (κ2) is 6.90. The number of amides is 1. The summed E-state index contributed by atoms with van der Waals surface area (Å²) in [4.78, 5) is 16.5. The topological polar surface area (TPSA) is 87.6 Å². The van der Waals surface area contributed by atoms with Crippen molar-refractivity contribution < 1.29 is 17.6 Å². The van der Waals surface area contributed by atoms with Crippen molar-refractivity contribution >= 4 is 38.7 Å². The van der Waals surface area contributed by atoms with E-state index in [9.17, 15) is 17.6 Å². The molecule has 3 aromatic carbocycles. The molecule has 1 aliphatic heterocycles. The van der Waals surface area contributed by atoms with Crippen LogP contribution >= 0.6 is 0 Å². The number of rotatable bonds is 4. The number of halogens is 1. The first-order chi connectivity index (χ1) is 13.4. The molecule has 0 unspecified atom stereocenters. The van der Waals surface area contributed by atoms with Gasteiger partial charge in [0.1, 0.15) is 11.5 Å². The third-order valence-corrected chi connectivity index (χ3v) is 5.53. The summed E-state index contributed by atoms with van der Waals surface area (Å²) < 4.78 is 40.2. The Labute approximate surface area is 160 Å². The Hall–Kier alpha value is -3.52. The van der Waals surface area contributed by atoms with Crippen LogP contribution in [0.2, 0.25) is 0 Å². The van der Waals surface area contributed by atoms with Gasteiger partial charge >= 0.3 is 0 Å². The van der Waals surface area contributed by atoms with Crippen molar-refractivity contribution in [1.29, 1.82) is 0 Å². The van der Waals surface area contributed by atoms with E-state index in [1.54, 1.807) is 12.1 Å². The fraction of sp³-hybridized carbons (Fsp3) is 0. The first-order valence-electron chi connectivity index (χ1n) is 8.30. The Morgan fingerprint density at radius 3 is 2.29 bits per heavy atom. The number of carbonyl (C=O) groups excluding carboxylic acids is 1. The molecule has 0 aliphatic carbocycles. The third-order valence-electron chi connectivity index (χ3n) is 4.13. The van der Waals surface area contributed by atoms with E-state index in [0.29, 0.717) is 16.9 Å². The maximum Gasteiger partial charge on any atom is 0.275 e. The molecule has 1 heterocycles.